The van der Waals surface area contributed by atoms with Crippen molar-refractivity contribution in [3.05, 3.63) is 11.4 Å². The zero-order valence-electron chi connectivity index (χ0n) is 7.01. The predicted molar refractivity (Wildman–Crippen MR) is 41.2 cm³/mol. The van der Waals surface area contributed by atoms with Gasteiger partial charge in [0, 0.05) is 0 Å². The Bertz CT molecular complexity index is 218. The van der Waals surface area contributed by atoms with Crippen LogP contribution >= 0.6 is 0 Å². The number of carbonyl (C=O) groups is 1. The number of hydrazine groups is 1. The number of hydrogen-bond acceptors (Lipinski definition) is 5. The maximum atomic E-state index is 12.1. The molecule has 0 bridgehead atoms. The number of nitrogens with two attached hydrogens (primary N) is 2. The molecule has 0 fully saturated rings. The fraction of sp³-hybridized carbons (Fsp3) is 0.500. The van der Waals surface area contributed by atoms with Gasteiger partial charge in [-0.25, -0.2) is 13.6 Å². The topological polar surface area (TPSA) is 90.4 Å². The lowest BCUT2D eigenvalue weighted by molar-refractivity contribution is -0.138. The van der Waals surface area contributed by atoms with E-state index >= 15 is 0 Å². The van der Waals surface area contributed by atoms with E-state index in [1.54, 1.807) is 5.43 Å². The first kappa shape index (κ1) is 11.6. The van der Waals surface area contributed by atoms with Crippen LogP contribution in [0.5, 0.6) is 0 Å². The van der Waals surface area contributed by atoms with E-state index in [-0.39, 0.29) is 6.61 Å². The van der Waals surface area contributed by atoms with Gasteiger partial charge in [0.05, 0.1) is 6.61 Å². The lowest BCUT2D eigenvalue weighted by Gasteiger charge is -2.08. The van der Waals surface area contributed by atoms with Crippen LogP contribution in [0.1, 0.15) is 6.92 Å². The molecule has 0 saturated carbocycles. The molecule has 0 heterocycles. The van der Waals surface area contributed by atoms with E-state index in [0.29, 0.717) is 0 Å². The number of halogens is 2. The van der Waals surface area contributed by atoms with E-state index in [2.05, 4.69) is 4.74 Å². The largest absolute Gasteiger partial charge is 0.461 e. The molecule has 76 valence electrons. The van der Waals surface area contributed by atoms with Gasteiger partial charge in [-0.1, -0.05) is 0 Å². The zero-order chi connectivity index (χ0) is 10.4. The molecule has 0 atom stereocenters. The van der Waals surface area contributed by atoms with Gasteiger partial charge >= 0.3 is 5.97 Å². The summed E-state index contributed by atoms with van der Waals surface area (Å²) >= 11 is 0. The van der Waals surface area contributed by atoms with E-state index in [1.807, 2.05) is 0 Å². The summed E-state index contributed by atoms with van der Waals surface area (Å²) in [5.74, 6) is 3.72. The molecule has 0 radical (unpaired) electrons. The second kappa shape index (κ2) is 5.31. The smallest absolute Gasteiger partial charge is 0.356 e. The van der Waals surface area contributed by atoms with Crippen molar-refractivity contribution in [2.75, 3.05) is 6.61 Å². The Morgan fingerprint density at radius 2 is 2.15 bits per heavy atom. The summed E-state index contributed by atoms with van der Waals surface area (Å²) in [7, 11) is 0. The molecule has 0 aliphatic carbocycles. The van der Waals surface area contributed by atoms with E-state index in [4.69, 9.17) is 11.6 Å². The number of esters is 1. The average molecular weight is 195 g/mol. The van der Waals surface area contributed by atoms with E-state index in [9.17, 15) is 13.6 Å². The standard InChI is InChI=1S/C6H11F2N3O2/c1-2-13-6(12)3(9)4(11-10)5(7)8/h5,11H,2,9-10H2,1H3/b4-3-. The molecule has 5 N–H and O–H groups in total. The third-order valence-electron chi connectivity index (χ3n) is 1.16. The molecule has 0 unspecified atom stereocenters. The number of ether oxygens (including phenoxy) is 1. The molecular formula is C6H11F2N3O2. The number of carbonyl (C=O) groups excluding carboxylic acids is 1. The summed E-state index contributed by atoms with van der Waals surface area (Å²) in [5, 5.41) is 0. The molecule has 0 aromatic rings. The van der Waals surface area contributed by atoms with Gasteiger partial charge in [0.2, 0.25) is 0 Å². The van der Waals surface area contributed by atoms with Crippen molar-refractivity contribution in [1.82, 2.24) is 5.43 Å². The predicted octanol–water partition coefficient (Wildman–Crippen LogP) is -0.552. The lowest BCUT2D eigenvalue weighted by Crippen LogP contribution is -2.32. The molecule has 0 aliphatic rings. The Morgan fingerprint density at radius 1 is 1.62 bits per heavy atom. The van der Waals surface area contributed by atoms with Crippen molar-refractivity contribution < 1.29 is 18.3 Å². The van der Waals surface area contributed by atoms with Crippen LogP contribution in [0.15, 0.2) is 11.4 Å². The van der Waals surface area contributed by atoms with Crippen molar-refractivity contribution in [3.63, 3.8) is 0 Å². The Morgan fingerprint density at radius 3 is 2.46 bits per heavy atom. The van der Waals surface area contributed by atoms with E-state index in [0.717, 1.165) is 0 Å². The summed E-state index contributed by atoms with van der Waals surface area (Å²) in [6.45, 7) is 1.59. The van der Waals surface area contributed by atoms with Gasteiger partial charge in [-0.3, -0.25) is 5.84 Å². The Kier molecular flexibility index (Phi) is 4.75. The molecule has 0 aromatic carbocycles. The van der Waals surface area contributed by atoms with Crippen LogP contribution in [0.4, 0.5) is 8.78 Å². The Hall–Kier alpha value is -1.37. The van der Waals surface area contributed by atoms with Crippen molar-refractivity contribution in [3.8, 4) is 0 Å². The SMILES string of the molecule is CCOC(=O)/C(N)=C(/NN)C(F)F. The number of nitrogens with one attached hydrogen (secondary N) is 1. The molecule has 0 amide bonds. The first-order valence-corrected chi connectivity index (χ1v) is 3.46. The molecular weight excluding hydrogens is 184 g/mol. The third-order valence-corrected chi connectivity index (χ3v) is 1.16. The molecule has 0 rings (SSSR count). The van der Waals surface area contributed by atoms with Gasteiger partial charge in [0.25, 0.3) is 6.43 Å². The van der Waals surface area contributed by atoms with Crippen LogP contribution in [0.3, 0.4) is 0 Å². The van der Waals surface area contributed by atoms with Crippen molar-refractivity contribution in [2.45, 2.75) is 13.3 Å². The molecule has 5 nitrogen and oxygen atoms in total. The molecule has 0 aliphatic heterocycles. The van der Waals surface area contributed by atoms with Crippen molar-refractivity contribution in [2.24, 2.45) is 11.6 Å². The maximum Gasteiger partial charge on any atom is 0.356 e. The summed E-state index contributed by atoms with van der Waals surface area (Å²) < 4.78 is 28.5. The first-order chi connectivity index (χ1) is 6.04. The summed E-state index contributed by atoms with van der Waals surface area (Å²) in [6, 6.07) is 0. The monoisotopic (exact) mass is 195 g/mol. The molecule has 0 saturated heterocycles. The lowest BCUT2D eigenvalue weighted by atomic mass is 10.3. The van der Waals surface area contributed by atoms with Gasteiger partial charge < -0.3 is 15.9 Å². The minimum absolute atomic E-state index is 0.0562. The summed E-state index contributed by atoms with van der Waals surface area (Å²) in [4.78, 5) is 10.8. The highest BCUT2D eigenvalue weighted by molar-refractivity contribution is 5.88. The number of rotatable bonds is 4. The van der Waals surface area contributed by atoms with Gasteiger partial charge in [-0.2, -0.15) is 0 Å². The number of hydrogen-bond donors (Lipinski definition) is 3. The Labute approximate surface area is 73.7 Å². The van der Waals surface area contributed by atoms with Gasteiger partial charge in [0.1, 0.15) is 11.4 Å². The Balaban J connectivity index is 4.64. The van der Waals surface area contributed by atoms with Crippen molar-refractivity contribution >= 4 is 5.97 Å². The van der Waals surface area contributed by atoms with Gasteiger partial charge in [0.15, 0.2) is 0 Å². The summed E-state index contributed by atoms with van der Waals surface area (Å²) in [6.07, 6.45) is -2.94. The fourth-order valence-electron chi connectivity index (χ4n) is 0.577. The van der Waals surface area contributed by atoms with Gasteiger partial charge in [-0.05, 0) is 6.92 Å². The molecule has 0 spiro atoms. The molecule has 7 heteroatoms. The summed E-state index contributed by atoms with van der Waals surface area (Å²) in [5.41, 5.74) is 5.14. The normalized spacial score (nSPS) is 12.4. The highest BCUT2D eigenvalue weighted by atomic mass is 19.3. The van der Waals surface area contributed by atoms with Gasteiger partial charge in [-0.15, -0.1) is 0 Å². The van der Waals surface area contributed by atoms with Crippen LogP contribution in [0.25, 0.3) is 0 Å². The van der Waals surface area contributed by atoms with Crippen LogP contribution in [0.2, 0.25) is 0 Å². The van der Waals surface area contributed by atoms with E-state index in [1.165, 1.54) is 6.92 Å². The number of allylic oxidation sites excluding steroid dienone is 1. The van der Waals surface area contributed by atoms with Crippen molar-refractivity contribution in [1.29, 1.82) is 0 Å². The van der Waals surface area contributed by atoms with E-state index < -0.39 is 23.8 Å². The second-order valence-corrected chi connectivity index (χ2v) is 1.99. The van der Waals surface area contributed by atoms with Crippen LogP contribution in [-0.2, 0) is 9.53 Å². The third kappa shape index (κ3) is 3.24. The van der Waals surface area contributed by atoms with Crippen LogP contribution in [0, 0.1) is 0 Å². The van der Waals surface area contributed by atoms with Crippen LogP contribution < -0.4 is 17.0 Å². The van der Waals surface area contributed by atoms with Crippen LogP contribution in [-0.4, -0.2) is 19.0 Å². The quantitative estimate of drug-likeness (QED) is 0.242. The highest BCUT2D eigenvalue weighted by Gasteiger charge is 2.19. The molecule has 13 heavy (non-hydrogen) atoms. The second-order valence-electron chi connectivity index (χ2n) is 1.99. The maximum absolute atomic E-state index is 12.1. The minimum atomic E-state index is -2.94. The minimum Gasteiger partial charge on any atom is -0.461 e. The highest BCUT2D eigenvalue weighted by Crippen LogP contribution is 2.07. The molecule has 0 aromatic heterocycles. The zero-order valence-corrected chi connectivity index (χ0v) is 7.01. The first-order valence-electron chi connectivity index (χ1n) is 3.46. The number of alkyl halides is 2. The average Bonchev–Trinajstić information content (AvgIpc) is 2.05. The fourth-order valence-corrected chi connectivity index (χ4v) is 0.577.